The average molecular weight is 400 g/mol. The van der Waals surface area contributed by atoms with Crippen molar-refractivity contribution < 1.29 is 13.2 Å². The number of rotatable bonds is 7. The maximum absolute atomic E-state index is 12.9. The summed E-state index contributed by atoms with van der Waals surface area (Å²) in [6.07, 6.45) is 0.687. The molecule has 0 fully saturated rings. The number of anilines is 1. The van der Waals surface area contributed by atoms with E-state index in [1.54, 1.807) is 31.4 Å². The SMILES string of the molecule is CCc1cc(S(=O)(=O)Nc2ccccc2Sc2ccccc2)ccc1OC. The summed E-state index contributed by atoms with van der Waals surface area (Å²) < 4.78 is 33.8. The number of hydrogen-bond donors (Lipinski definition) is 1. The normalized spacial score (nSPS) is 11.2. The topological polar surface area (TPSA) is 55.4 Å². The summed E-state index contributed by atoms with van der Waals surface area (Å²) in [6.45, 7) is 1.97. The van der Waals surface area contributed by atoms with Crippen LogP contribution in [0.3, 0.4) is 0 Å². The van der Waals surface area contributed by atoms with Crippen LogP contribution in [0.25, 0.3) is 0 Å². The standard InChI is InChI=1S/C21H21NO3S2/c1-3-16-15-18(13-14-20(16)25-2)27(23,24)22-19-11-7-8-12-21(19)26-17-9-5-4-6-10-17/h4-15,22H,3H2,1-2H3. The summed E-state index contributed by atoms with van der Waals surface area (Å²) in [6, 6.07) is 22.2. The fraction of sp³-hybridized carbons (Fsp3) is 0.143. The lowest BCUT2D eigenvalue weighted by molar-refractivity contribution is 0.409. The van der Waals surface area contributed by atoms with E-state index in [9.17, 15) is 8.42 Å². The lowest BCUT2D eigenvalue weighted by Crippen LogP contribution is -2.14. The zero-order valence-corrected chi connectivity index (χ0v) is 16.8. The van der Waals surface area contributed by atoms with Crippen LogP contribution >= 0.6 is 11.8 Å². The molecule has 4 nitrogen and oxygen atoms in total. The highest BCUT2D eigenvalue weighted by atomic mass is 32.2. The van der Waals surface area contributed by atoms with Crippen LogP contribution in [-0.4, -0.2) is 15.5 Å². The molecule has 0 aromatic heterocycles. The minimum absolute atomic E-state index is 0.222. The van der Waals surface area contributed by atoms with E-state index in [4.69, 9.17) is 4.74 Å². The van der Waals surface area contributed by atoms with Crippen LogP contribution in [0.2, 0.25) is 0 Å². The first-order chi connectivity index (χ1) is 13.0. The van der Waals surface area contributed by atoms with Gasteiger partial charge in [0.2, 0.25) is 0 Å². The molecule has 3 aromatic carbocycles. The monoisotopic (exact) mass is 399 g/mol. The van der Waals surface area contributed by atoms with Gasteiger partial charge in [0.25, 0.3) is 10.0 Å². The second-order valence-electron chi connectivity index (χ2n) is 5.84. The third-order valence-electron chi connectivity index (χ3n) is 4.05. The summed E-state index contributed by atoms with van der Waals surface area (Å²) in [5.41, 5.74) is 1.41. The third kappa shape index (κ3) is 4.64. The fourth-order valence-corrected chi connectivity index (χ4v) is 4.77. The molecule has 0 unspecified atom stereocenters. The molecule has 3 rings (SSSR count). The number of sulfonamides is 1. The Morgan fingerprint density at radius 1 is 0.963 bits per heavy atom. The molecule has 3 aromatic rings. The van der Waals surface area contributed by atoms with Gasteiger partial charge in [-0.3, -0.25) is 4.72 Å². The van der Waals surface area contributed by atoms with Gasteiger partial charge in [-0.15, -0.1) is 0 Å². The van der Waals surface area contributed by atoms with Crippen LogP contribution in [0.15, 0.2) is 87.5 Å². The number of ether oxygens (including phenoxy) is 1. The number of hydrogen-bond acceptors (Lipinski definition) is 4. The Balaban J connectivity index is 1.90. The van der Waals surface area contributed by atoms with Gasteiger partial charge < -0.3 is 4.74 Å². The zero-order chi connectivity index (χ0) is 19.3. The molecule has 0 heterocycles. The van der Waals surface area contributed by atoms with Gasteiger partial charge >= 0.3 is 0 Å². The van der Waals surface area contributed by atoms with Gasteiger partial charge in [0.05, 0.1) is 17.7 Å². The minimum Gasteiger partial charge on any atom is -0.496 e. The lowest BCUT2D eigenvalue weighted by atomic mass is 10.1. The van der Waals surface area contributed by atoms with Crippen LogP contribution in [0.1, 0.15) is 12.5 Å². The van der Waals surface area contributed by atoms with Crippen molar-refractivity contribution in [3.63, 3.8) is 0 Å². The first-order valence-corrected chi connectivity index (χ1v) is 10.8. The molecule has 0 aliphatic heterocycles. The molecule has 0 atom stereocenters. The summed E-state index contributed by atoms with van der Waals surface area (Å²) in [4.78, 5) is 2.11. The van der Waals surface area contributed by atoms with Crippen LogP contribution in [0.5, 0.6) is 5.75 Å². The van der Waals surface area contributed by atoms with Gasteiger partial charge in [0, 0.05) is 9.79 Å². The number of methoxy groups -OCH3 is 1. The molecule has 6 heteroatoms. The van der Waals surface area contributed by atoms with Crippen molar-refractivity contribution in [3.05, 3.63) is 78.4 Å². The highest BCUT2D eigenvalue weighted by molar-refractivity contribution is 7.99. The second kappa shape index (κ2) is 8.50. The smallest absolute Gasteiger partial charge is 0.261 e. The van der Waals surface area contributed by atoms with E-state index in [1.807, 2.05) is 55.5 Å². The van der Waals surface area contributed by atoms with E-state index in [-0.39, 0.29) is 4.90 Å². The lowest BCUT2D eigenvalue weighted by Gasteiger charge is -2.14. The van der Waals surface area contributed by atoms with Crippen molar-refractivity contribution >= 4 is 27.5 Å². The molecular weight excluding hydrogens is 378 g/mol. The zero-order valence-electron chi connectivity index (χ0n) is 15.2. The molecule has 0 saturated carbocycles. The molecule has 0 aliphatic carbocycles. The Morgan fingerprint density at radius 3 is 2.37 bits per heavy atom. The van der Waals surface area contributed by atoms with Crippen LogP contribution < -0.4 is 9.46 Å². The molecule has 0 aliphatic rings. The summed E-state index contributed by atoms with van der Waals surface area (Å²) in [7, 11) is -2.12. The van der Waals surface area contributed by atoms with Gasteiger partial charge in [-0.25, -0.2) is 8.42 Å². The van der Waals surface area contributed by atoms with Crippen molar-refractivity contribution in [2.45, 2.75) is 28.0 Å². The van der Waals surface area contributed by atoms with E-state index >= 15 is 0 Å². The van der Waals surface area contributed by atoms with Crippen molar-refractivity contribution in [2.75, 3.05) is 11.8 Å². The molecule has 1 N–H and O–H groups in total. The van der Waals surface area contributed by atoms with E-state index in [1.165, 1.54) is 11.8 Å². The molecule has 0 saturated heterocycles. The fourth-order valence-electron chi connectivity index (χ4n) is 2.66. The van der Waals surface area contributed by atoms with Gasteiger partial charge in [-0.2, -0.15) is 0 Å². The Bertz CT molecular complexity index is 1020. The first-order valence-electron chi connectivity index (χ1n) is 8.55. The van der Waals surface area contributed by atoms with Crippen molar-refractivity contribution in [3.8, 4) is 5.75 Å². The summed E-state index contributed by atoms with van der Waals surface area (Å²) in [5.74, 6) is 0.691. The first kappa shape index (κ1) is 19.3. The maximum Gasteiger partial charge on any atom is 0.261 e. The Labute approximate surface area is 164 Å². The second-order valence-corrected chi connectivity index (χ2v) is 8.64. The van der Waals surface area contributed by atoms with Crippen LogP contribution in [0.4, 0.5) is 5.69 Å². The van der Waals surface area contributed by atoms with Crippen LogP contribution in [0, 0.1) is 0 Å². The Morgan fingerprint density at radius 2 is 1.67 bits per heavy atom. The number of para-hydroxylation sites is 1. The van der Waals surface area contributed by atoms with Crippen molar-refractivity contribution in [2.24, 2.45) is 0 Å². The summed E-state index contributed by atoms with van der Waals surface area (Å²) >= 11 is 1.52. The largest absolute Gasteiger partial charge is 0.496 e. The quantitative estimate of drug-likeness (QED) is 0.592. The number of aryl methyl sites for hydroxylation is 1. The van der Waals surface area contributed by atoms with Gasteiger partial charge in [0.1, 0.15) is 5.75 Å². The van der Waals surface area contributed by atoms with Crippen molar-refractivity contribution in [1.82, 2.24) is 0 Å². The minimum atomic E-state index is -3.70. The molecule has 140 valence electrons. The Kier molecular flexibility index (Phi) is 6.08. The molecular formula is C21H21NO3S2. The van der Waals surface area contributed by atoms with Crippen LogP contribution in [-0.2, 0) is 16.4 Å². The Hall–Kier alpha value is -2.44. The molecule has 0 amide bonds. The van der Waals surface area contributed by atoms with E-state index in [0.717, 1.165) is 15.4 Å². The highest BCUT2D eigenvalue weighted by Gasteiger charge is 2.18. The molecule has 0 radical (unpaired) electrons. The highest BCUT2D eigenvalue weighted by Crippen LogP contribution is 2.34. The van der Waals surface area contributed by atoms with E-state index in [2.05, 4.69) is 4.72 Å². The average Bonchev–Trinajstić information content (AvgIpc) is 2.69. The van der Waals surface area contributed by atoms with Gasteiger partial charge in [0.15, 0.2) is 0 Å². The molecule has 0 spiro atoms. The molecule has 0 bridgehead atoms. The maximum atomic E-state index is 12.9. The number of nitrogens with one attached hydrogen (secondary N) is 1. The third-order valence-corrected chi connectivity index (χ3v) is 6.49. The predicted molar refractivity (Wildman–Crippen MR) is 110 cm³/mol. The van der Waals surface area contributed by atoms with Gasteiger partial charge in [-0.05, 0) is 54.4 Å². The van der Waals surface area contributed by atoms with Gasteiger partial charge in [-0.1, -0.05) is 49.0 Å². The van der Waals surface area contributed by atoms with E-state index < -0.39 is 10.0 Å². The molecule has 27 heavy (non-hydrogen) atoms. The van der Waals surface area contributed by atoms with E-state index in [0.29, 0.717) is 17.9 Å². The summed E-state index contributed by atoms with van der Waals surface area (Å²) in [5, 5.41) is 0. The van der Waals surface area contributed by atoms with Crippen molar-refractivity contribution in [1.29, 1.82) is 0 Å². The number of benzene rings is 3. The predicted octanol–water partition coefficient (Wildman–Crippen LogP) is 5.21.